The maximum atomic E-state index is 12.4. The monoisotopic (exact) mass is 293 g/mol. The molecule has 0 saturated heterocycles. The molecular weight excluding hydrogens is 270 g/mol. The second-order valence-electron chi connectivity index (χ2n) is 6.29. The lowest BCUT2D eigenvalue weighted by Crippen LogP contribution is -2.41. The van der Waals surface area contributed by atoms with E-state index in [0.717, 1.165) is 17.5 Å². The number of benzene rings is 2. The predicted octanol–water partition coefficient (Wildman–Crippen LogP) is 4.66. The molecule has 2 heteroatoms. The number of amides is 1. The van der Waals surface area contributed by atoms with Gasteiger partial charge in [0.2, 0.25) is 0 Å². The average Bonchev–Trinajstić information content (AvgIpc) is 2.58. The van der Waals surface area contributed by atoms with Gasteiger partial charge in [0.25, 0.3) is 5.91 Å². The molecule has 2 nitrogen and oxygen atoms in total. The Bertz CT molecular complexity index is 618. The normalized spacial score (nSPS) is 21.3. The van der Waals surface area contributed by atoms with Crippen LogP contribution in [-0.2, 0) is 0 Å². The van der Waals surface area contributed by atoms with E-state index in [2.05, 4.69) is 24.4 Å². The summed E-state index contributed by atoms with van der Waals surface area (Å²) in [5.41, 5.74) is 3.07. The van der Waals surface area contributed by atoms with Gasteiger partial charge in [-0.05, 0) is 42.0 Å². The highest BCUT2D eigenvalue weighted by molar-refractivity contribution is 5.94. The Morgan fingerprint density at radius 1 is 0.909 bits per heavy atom. The van der Waals surface area contributed by atoms with Gasteiger partial charge in [-0.15, -0.1) is 0 Å². The van der Waals surface area contributed by atoms with Crippen LogP contribution < -0.4 is 5.32 Å². The third kappa shape index (κ3) is 3.38. The summed E-state index contributed by atoms with van der Waals surface area (Å²) >= 11 is 0. The molecule has 2 aromatic rings. The highest BCUT2D eigenvalue weighted by Gasteiger charge is 2.23. The minimum atomic E-state index is 0.0540. The lowest BCUT2D eigenvalue weighted by atomic mass is 9.86. The van der Waals surface area contributed by atoms with E-state index in [1.54, 1.807) is 0 Å². The largest absolute Gasteiger partial charge is 0.349 e. The summed E-state index contributed by atoms with van der Waals surface area (Å²) in [6, 6.07) is 18.4. The lowest BCUT2D eigenvalue weighted by Gasteiger charge is -2.29. The summed E-state index contributed by atoms with van der Waals surface area (Å²) < 4.78 is 0. The van der Waals surface area contributed by atoms with Crippen LogP contribution in [0.25, 0.3) is 11.1 Å². The Balaban J connectivity index is 1.68. The molecule has 2 aromatic carbocycles. The average molecular weight is 293 g/mol. The zero-order valence-electron chi connectivity index (χ0n) is 13.1. The van der Waals surface area contributed by atoms with E-state index in [0.29, 0.717) is 12.0 Å². The highest BCUT2D eigenvalue weighted by Crippen LogP contribution is 2.24. The zero-order chi connectivity index (χ0) is 15.4. The second-order valence-corrected chi connectivity index (χ2v) is 6.29. The summed E-state index contributed by atoms with van der Waals surface area (Å²) in [5.74, 6) is 0.639. The van der Waals surface area contributed by atoms with Gasteiger partial charge in [0.15, 0.2) is 0 Å². The van der Waals surface area contributed by atoms with Gasteiger partial charge in [-0.3, -0.25) is 4.79 Å². The first-order valence-corrected chi connectivity index (χ1v) is 8.20. The van der Waals surface area contributed by atoms with Crippen molar-refractivity contribution in [3.63, 3.8) is 0 Å². The fraction of sp³-hybridized carbons (Fsp3) is 0.350. The first kappa shape index (κ1) is 14.8. The molecule has 0 aliphatic heterocycles. The van der Waals surface area contributed by atoms with Crippen LogP contribution in [0.2, 0.25) is 0 Å². The number of carbonyl (C=O) groups excluding carboxylic acids is 1. The minimum Gasteiger partial charge on any atom is -0.349 e. The quantitative estimate of drug-likeness (QED) is 0.876. The molecule has 1 aliphatic rings. The van der Waals surface area contributed by atoms with Crippen LogP contribution in [0.5, 0.6) is 0 Å². The summed E-state index contributed by atoms with van der Waals surface area (Å²) in [7, 11) is 0. The number of hydrogen-bond donors (Lipinski definition) is 1. The molecular formula is C20H23NO. The third-order valence-corrected chi connectivity index (χ3v) is 4.68. The van der Waals surface area contributed by atoms with Crippen molar-refractivity contribution in [3.05, 3.63) is 60.2 Å². The van der Waals surface area contributed by atoms with Crippen molar-refractivity contribution in [2.45, 2.75) is 38.6 Å². The van der Waals surface area contributed by atoms with Gasteiger partial charge in [-0.2, -0.15) is 0 Å². The fourth-order valence-electron chi connectivity index (χ4n) is 3.23. The van der Waals surface area contributed by atoms with Crippen LogP contribution in [0.4, 0.5) is 0 Å². The van der Waals surface area contributed by atoms with Crippen LogP contribution in [0.15, 0.2) is 54.6 Å². The fourth-order valence-corrected chi connectivity index (χ4v) is 3.23. The number of rotatable bonds is 3. The van der Waals surface area contributed by atoms with Crippen molar-refractivity contribution >= 4 is 5.91 Å². The van der Waals surface area contributed by atoms with E-state index in [-0.39, 0.29) is 5.91 Å². The Hall–Kier alpha value is -2.09. The smallest absolute Gasteiger partial charge is 0.251 e. The van der Waals surface area contributed by atoms with Crippen LogP contribution in [0.3, 0.4) is 0 Å². The van der Waals surface area contributed by atoms with Gasteiger partial charge in [-0.25, -0.2) is 0 Å². The molecule has 0 aromatic heterocycles. The molecule has 1 fully saturated rings. The Kier molecular flexibility index (Phi) is 4.57. The summed E-state index contributed by atoms with van der Waals surface area (Å²) in [5, 5.41) is 3.21. The second kappa shape index (κ2) is 6.78. The van der Waals surface area contributed by atoms with Crippen LogP contribution in [0, 0.1) is 5.92 Å². The molecule has 0 bridgehead atoms. The lowest BCUT2D eigenvalue weighted by molar-refractivity contribution is 0.0910. The van der Waals surface area contributed by atoms with E-state index >= 15 is 0 Å². The highest BCUT2D eigenvalue weighted by atomic mass is 16.1. The van der Waals surface area contributed by atoms with Crippen molar-refractivity contribution in [2.75, 3.05) is 0 Å². The van der Waals surface area contributed by atoms with Gasteiger partial charge in [0.1, 0.15) is 0 Å². The van der Waals surface area contributed by atoms with Crippen molar-refractivity contribution in [2.24, 2.45) is 5.92 Å². The van der Waals surface area contributed by atoms with Crippen LogP contribution in [0.1, 0.15) is 43.0 Å². The summed E-state index contributed by atoms with van der Waals surface area (Å²) in [6.07, 6.45) is 4.84. The first-order chi connectivity index (χ1) is 10.7. The molecule has 1 saturated carbocycles. The van der Waals surface area contributed by atoms with E-state index in [9.17, 15) is 4.79 Å². The molecule has 22 heavy (non-hydrogen) atoms. The molecule has 2 unspecified atom stereocenters. The van der Waals surface area contributed by atoms with Gasteiger partial charge in [0, 0.05) is 11.6 Å². The topological polar surface area (TPSA) is 29.1 Å². The van der Waals surface area contributed by atoms with E-state index < -0.39 is 0 Å². The third-order valence-electron chi connectivity index (χ3n) is 4.68. The van der Waals surface area contributed by atoms with Crippen LogP contribution >= 0.6 is 0 Å². The number of carbonyl (C=O) groups is 1. The molecule has 3 rings (SSSR count). The maximum absolute atomic E-state index is 12.4. The van der Waals surface area contributed by atoms with Crippen molar-refractivity contribution in [3.8, 4) is 11.1 Å². The standard InChI is InChI=1S/C20H23NO/c1-15-7-5-6-10-19(15)21-20(22)18-13-11-17(12-14-18)16-8-3-2-4-9-16/h2-4,8-9,11-15,19H,5-7,10H2,1H3,(H,21,22). The number of nitrogens with one attached hydrogen (secondary N) is 1. The van der Waals surface area contributed by atoms with E-state index in [4.69, 9.17) is 0 Å². The molecule has 1 N–H and O–H groups in total. The van der Waals surface area contributed by atoms with Gasteiger partial charge in [-0.1, -0.05) is 62.2 Å². The van der Waals surface area contributed by atoms with E-state index in [1.807, 2.05) is 42.5 Å². The molecule has 2 atom stereocenters. The van der Waals surface area contributed by atoms with E-state index in [1.165, 1.54) is 24.8 Å². The van der Waals surface area contributed by atoms with Crippen LogP contribution in [-0.4, -0.2) is 11.9 Å². The van der Waals surface area contributed by atoms with Crippen molar-refractivity contribution < 1.29 is 4.79 Å². The van der Waals surface area contributed by atoms with Gasteiger partial charge in [0.05, 0.1) is 0 Å². The molecule has 1 amide bonds. The summed E-state index contributed by atoms with van der Waals surface area (Å²) in [6.45, 7) is 2.24. The summed E-state index contributed by atoms with van der Waals surface area (Å²) in [4.78, 5) is 12.4. The Morgan fingerprint density at radius 2 is 1.55 bits per heavy atom. The Labute approximate surface area is 132 Å². The van der Waals surface area contributed by atoms with Crippen molar-refractivity contribution in [1.29, 1.82) is 0 Å². The molecule has 0 radical (unpaired) electrons. The van der Waals surface area contributed by atoms with Gasteiger partial charge >= 0.3 is 0 Å². The SMILES string of the molecule is CC1CCCCC1NC(=O)c1ccc(-c2ccccc2)cc1. The first-order valence-electron chi connectivity index (χ1n) is 8.20. The Morgan fingerprint density at radius 3 is 2.23 bits per heavy atom. The van der Waals surface area contributed by atoms with Crippen molar-refractivity contribution in [1.82, 2.24) is 5.32 Å². The molecule has 1 aliphatic carbocycles. The predicted molar refractivity (Wildman–Crippen MR) is 90.8 cm³/mol. The zero-order valence-corrected chi connectivity index (χ0v) is 13.1. The molecule has 0 spiro atoms. The maximum Gasteiger partial charge on any atom is 0.251 e. The molecule has 114 valence electrons. The van der Waals surface area contributed by atoms with Gasteiger partial charge < -0.3 is 5.32 Å². The molecule has 0 heterocycles. The minimum absolute atomic E-state index is 0.0540. The number of hydrogen-bond acceptors (Lipinski definition) is 1.